The molecule has 2 heterocycles. The molecule has 0 aliphatic rings. The van der Waals surface area contributed by atoms with Crippen molar-refractivity contribution in [3.8, 4) is 5.69 Å². The van der Waals surface area contributed by atoms with Gasteiger partial charge in [0.15, 0.2) is 0 Å². The molecule has 0 atom stereocenters. The Hall–Kier alpha value is -3.52. The Morgan fingerprint density at radius 1 is 0.821 bits per heavy atom. The first-order valence-electron chi connectivity index (χ1n) is 9.58. The lowest BCUT2D eigenvalue weighted by molar-refractivity contribution is 0.916. The zero-order valence-electron chi connectivity index (χ0n) is 16.2. The van der Waals surface area contributed by atoms with Crippen LogP contribution in [0.5, 0.6) is 0 Å². The van der Waals surface area contributed by atoms with E-state index in [1.165, 1.54) is 49.7 Å². The van der Waals surface area contributed by atoms with Gasteiger partial charge in [0.2, 0.25) is 0 Å². The molecule has 0 bridgehead atoms. The fourth-order valence-corrected chi connectivity index (χ4v) is 4.35. The Morgan fingerprint density at radius 2 is 1.57 bits per heavy atom. The molecule has 0 aliphatic heterocycles. The maximum atomic E-state index is 3.86. The molecule has 0 amide bonds. The van der Waals surface area contributed by atoms with Gasteiger partial charge < -0.3 is 9.13 Å². The third-order valence-corrected chi connectivity index (χ3v) is 5.75. The van der Waals surface area contributed by atoms with Crippen molar-refractivity contribution in [3.05, 3.63) is 96.7 Å². The number of aromatic nitrogens is 2. The van der Waals surface area contributed by atoms with Gasteiger partial charge in [-0.05, 0) is 31.2 Å². The fraction of sp³-hybridized carbons (Fsp3) is 0.0769. The van der Waals surface area contributed by atoms with E-state index in [4.69, 9.17) is 0 Å². The van der Waals surface area contributed by atoms with Crippen molar-refractivity contribution in [1.29, 1.82) is 0 Å². The number of para-hydroxylation sites is 2. The van der Waals surface area contributed by atoms with Crippen LogP contribution in [0.25, 0.3) is 44.5 Å². The number of aryl methyl sites for hydroxylation is 1. The van der Waals surface area contributed by atoms with E-state index in [-0.39, 0.29) is 0 Å². The first-order valence-corrected chi connectivity index (χ1v) is 9.58. The second-order valence-electron chi connectivity index (χ2n) is 7.20. The lowest BCUT2D eigenvalue weighted by Gasteiger charge is -2.09. The van der Waals surface area contributed by atoms with E-state index >= 15 is 0 Å². The third kappa shape index (κ3) is 2.21. The van der Waals surface area contributed by atoms with Crippen LogP contribution in [0.4, 0.5) is 0 Å². The molecule has 136 valence electrons. The SMILES string of the molecule is C=C/C=C\c1c(C)n(C)c2ccc3c4ccccc4n(-c4ccccc4)c3c12. The second kappa shape index (κ2) is 6.28. The van der Waals surface area contributed by atoms with Crippen molar-refractivity contribution >= 4 is 38.8 Å². The molecule has 5 aromatic rings. The van der Waals surface area contributed by atoms with Gasteiger partial charge in [0.1, 0.15) is 0 Å². The summed E-state index contributed by atoms with van der Waals surface area (Å²) in [7, 11) is 2.14. The summed E-state index contributed by atoms with van der Waals surface area (Å²) < 4.78 is 4.68. The molecule has 0 saturated carbocycles. The fourth-order valence-electron chi connectivity index (χ4n) is 4.35. The van der Waals surface area contributed by atoms with Crippen LogP contribution in [0.2, 0.25) is 0 Å². The lowest BCUT2D eigenvalue weighted by atomic mass is 10.1. The van der Waals surface area contributed by atoms with Gasteiger partial charge in [0.25, 0.3) is 0 Å². The first-order chi connectivity index (χ1) is 13.7. The largest absolute Gasteiger partial charge is 0.347 e. The van der Waals surface area contributed by atoms with Gasteiger partial charge in [-0.2, -0.15) is 0 Å². The molecule has 2 nitrogen and oxygen atoms in total. The van der Waals surface area contributed by atoms with Crippen molar-refractivity contribution in [3.63, 3.8) is 0 Å². The first kappa shape index (κ1) is 16.6. The summed E-state index contributed by atoms with van der Waals surface area (Å²) in [5.74, 6) is 0. The quantitative estimate of drug-likeness (QED) is 0.313. The molecule has 2 aromatic heterocycles. The van der Waals surface area contributed by atoms with Gasteiger partial charge >= 0.3 is 0 Å². The van der Waals surface area contributed by atoms with E-state index < -0.39 is 0 Å². The Kier molecular flexibility index (Phi) is 3.73. The minimum Gasteiger partial charge on any atom is -0.347 e. The lowest BCUT2D eigenvalue weighted by Crippen LogP contribution is -1.94. The number of hydrogen-bond acceptors (Lipinski definition) is 0. The highest BCUT2D eigenvalue weighted by molar-refractivity contribution is 6.20. The van der Waals surface area contributed by atoms with E-state index in [0.29, 0.717) is 0 Å². The van der Waals surface area contributed by atoms with Crippen LogP contribution in [0.15, 0.2) is 85.5 Å². The second-order valence-corrected chi connectivity index (χ2v) is 7.20. The van der Waals surface area contributed by atoms with Crippen LogP contribution in [0.1, 0.15) is 11.3 Å². The normalized spacial score (nSPS) is 11.9. The van der Waals surface area contributed by atoms with Gasteiger partial charge in [-0.1, -0.05) is 67.3 Å². The maximum Gasteiger partial charge on any atom is 0.0641 e. The molecule has 0 saturated heterocycles. The molecule has 2 heteroatoms. The molecule has 3 aromatic carbocycles. The third-order valence-electron chi connectivity index (χ3n) is 5.75. The van der Waals surface area contributed by atoms with E-state index in [9.17, 15) is 0 Å². The number of rotatable bonds is 3. The molecule has 5 rings (SSSR count). The predicted octanol–water partition coefficient (Wildman–Crippen LogP) is 6.78. The van der Waals surface area contributed by atoms with Crippen molar-refractivity contribution < 1.29 is 0 Å². The summed E-state index contributed by atoms with van der Waals surface area (Å²) in [6, 6.07) is 23.8. The van der Waals surface area contributed by atoms with E-state index in [0.717, 1.165) is 0 Å². The molecule has 0 N–H and O–H groups in total. The van der Waals surface area contributed by atoms with Crippen molar-refractivity contribution in [2.75, 3.05) is 0 Å². The summed E-state index contributed by atoms with van der Waals surface area (Å²) in [5.41, 5.74) is 7.43. The minimum atomic E-state index is 1.18. The number of fused-ring (bicyclic) bond motifs is 5. The highest BCUT2D eigenvalue weighted by atomic mass is 15.0. The Bertz CT molecular complexity index is 1380. The van der Waals surface area contributed by atoms with Gasteiger partial charge in [-0.3, -0.25) is 0 Å². The summed E-state index contributed by atoms with van der Waals surface area (Å²) >= 11 is 0. The standard InChI is InChI=1S/C26H22N2/c1-4-5-13-20-18(2)27(3)24-17-16-22-21-14-9-10-15-23(21)28(26(22)25(20)24)19-11-7-6-8-12-19/h4-17H,1H2,2-3H3/b13-5-. The summed E-state index contributed by atoms with van der Waals surface area (Å²) in [4.78, 5) is 0. The van der Waals surface area contributed by atoms with E-state index in [2.05, 4.69) is 102 Å². The zero-order valence-corrected chi connectivity index (χ0v) is 16.2. The van der Waals surface area contributed by atoms with Crippen LogP contribution in [0.3, 0.4) is 0 Å². The summed E-state index contributed by atoms with van der Waals surface area (Å²) in [5, 5.41) is 3.85. The predicted molar refractivity (Wildman–Crippen MR) is 121 cm³/mol. The van der Waals surface area contributed by atoms with Crippen molar-refractivity contribution in [1.82, 2.24) is 9.13 Å². The average Bonchev–Trinajstić information content (AvgIpc) is 3.20. The molecule has 0 unspecified atom stereocenters. The topological polar surface area (TPSA) is 9.86 Å². The number of hydrogen-bond donors (Lipinski definition) is 0. The maximum absolute atomic E-state index is 3.86. The number of benzene rings is 3. The van der Waals surface area contributed by atoms with Crippen LogP contribution >= 0.6 is 0 Å². The van der Waals surface area contributed by atoms with Gasteiger partial charge in [0.05, 0.1) is 16.6 Å². The highest BCUT2D eigenvalue weighted by Gasteiger charge is 2.19. The molecule has 28 heavy (non-hydrogen) atoms. The molecule has 0 fully saturated rings. The molecular weight excluding hydrogens is 340 g/mol. The Labute approximate surface area is 164 Å². The smallest absolute Gasteiger partial charge is 0.0641 e. The van der Waals surface area contributed by atoms with Crippen LogP contribution in [-0.4, -0.2) is 9.13 Å². The Morgan fingerprint density at radius 3 is 2.36 bits per heavy atom. The van der Waals surface area contributed by atoms with Gasteiger partial charge in [-0.15, -0.1) is 0 Å². The summed E-state index contributed by atoms with van der Waals surface area (Å²) in [6.45, 7) is 6.04. The molecule has 0 radical (unpaired) electrons. The van der Waals surface area contributed by atoms with E-state index in [1.54, 1.807) is 0 Å². The summed E-state index contributed by atoms with van der Waals surface area (Å²) in [6.07, 6.45) is 6.04. The zero-order chi connectivity index (χ0) is 19.3. The van der Waals surface area contributed by atoms with Crippen LogP contribution < -0.4 is 0 Å². The highest BCUT2D eigenvalue weighted by Crippen LogP contribution is 2.39. The van der Waals surface area contributed by atoms with Gasteiger partial charge in [-0.25, -0.2) is 0 Å². The van der Waals surface area contributed by atoms with Gasteiger partial charge in [0, 0.05) is 40.2 Å². The van der Waals surface area contributed by atoms with Crippen LogP contribution in [-0.2, 0) is 7.05 Å². The van der Waals surface area contributed by atoms with Crippen LogP contribution in [0, 0.1) is 6.92 Å². The number of nitrogens with zero attached hydrogens (tertiary/aromatic N) is 2. The monoisotopic (exact) mass is 362 g/mol. The molecular formula is C26H22N2. The average molecular weight is 362 g/mol. The minimum absolute atomic E-state index is 1.18. The van der Waals surface area contributed by atoms with Crippen molar-refractivity contribution in [2.45, 2.75) is 6.92 Å². The Balaban J connectivity index is 2.08. The molecule has 0 spiro atoms. The van der Waals surface area contributed by atoms with Crippen molar-refractivity contribution in [2.24, 2.45) is 7.05 Å². The molecule has 0 aliphatic carbocycles. The number of allylic oxidation sites excluding steroid dienone is 2. The van der Waals surface area contributed by atoms with E-state index in [1.807, 2.05) is 12.2 Å².